The average molecular weight is 363 g/mol. The third kappa shape index (κ3) is 4.38. The lowest BCUT2D eigenvalue weighted by Crippen LogP contribution is -2.53. The van der Waals surface area contributed by atoms with E-state index in [0.717, 1.165) is 0 Å². The molecule has 0 saturated heterocycles. The zero-order valence-corrected chi connectivity index (χ0v) is 16.7. The number of nitrogens with zero attached hydrogens (tertiary/aromatic N) is 2. The topological polar surface area (TPSA) is 15.7 Å². The van der Waals surface area contributed by atoms with E-state index in [-0.39, 0.29) is 17.7 Å². The van der Waals surface area contributed by atoms with Gasteiger partial charge >= 0.3 is 0 Å². The van der Waals surface area contributed by atoms with Gasteiger partial charge in [0.25, 0.3) is 0 Å². The number of likely N-dealkylation sites (N-methyl/N-ethyl adjacent to an activating group) is 2. The first kappa shape index (κ1) is 19.6. The number of benzene rings is 2. The minimum atomic E-state index is -0.197. The molecule has 0 N–H and O–H groups in total. The van der Waals surface area contributed by atoms with Crippen molar-refractivity contribution in [3.63, 3.8) is 0 Å². The zero-order valence-electron chi connectivity index (χ0n) is 16.7. The maximum absolute atomic E-state index is 6.41. The highest BCUT2D eigenvalue weighted by Crippen LogP contribution is 2.34. The monoisotopic (exact) mass is 362 g/mol. The zero-order chi connectivity index (χ0) is 19.3. The molecule has 0 radical (unpaired) electrons. The first-order valence-corrected chi connectivity index (χ1v) is 9.47. The maximum atomic E-state index is 6.41. The van der Waals surface area contributed by atoms with Gasteiger partial charge in [-0.2, -0.15) is 0 Å². The van der Waals surface area contributed by atoms with Crippen molar-refractivity contribution in [1.82, 2.24) is 9.80 Å². The van der Waals surface area contributed by atoms with Crippen LogP contribution in [0.3, 0.4) is 0 Å². The smallest absolute Gasteiger partial charge is 0.111 e. The second kappa shape index (κ2) is 8.66. The summed E-state index contributed by atoms with van der Waals surface area (Å²) in [7, 11) is 8.43. The molecule has 2 aromatic carbocycles. The molecule has 0 aliphatic heterocycles. The molecule has 1 atom stereocenters. The Morgan fingerprint density at radius 3 is 1.85 bits per heavy atom. The summed E-state index contributed by atoms with van der Waals surface area (Å²) in [5.41, 5.74) is 2.20. The van der Waals surface area contributed by atoms with Crippen molar-refractivity contribution < 1.29 is 4.74 Å². The van der Waals surface area contributed by atoms with E-state index in [1.54, 1.807) is 0 Å². The van der Waals surface area contributed by atoms with Crippen LogP contribution in [0.25, 0.3) is 0 Å². The Morgan fingerprint density at radius 1 is 0.815 bits per heavy atom. The van der Waals surface area contributed by atoms with Crippen LogP contribution in [0, 0.1) is 5.92 Å². The maximum Gasteiger partial charge on any atom is 0.111 e. The molecular formula is C24H30N2O. The molecule has 2 aromatic rings. The van der Waals surface area contributed by atoms with E-state index in [9.17, 15) is 0 Å². The van der Waals surface area contributed by atoms with Crippen molar-refractivity contribution in [3.8, 4) is 0 Å². The fraction of sp³-hybridized carbons (Fsp3) is 0.333. The molecule has 0 saturated carbocycles. The molecule has 0 spiro atoms. The van der Waals surface area contributed by atoms with Crippen LogP contribution in [-0.2, 0) is 11.3 Å². The van der Waals surface area contributed by atoms with Crippen LogP contribution < -0.4 is 0 Å². The molecule has 0 amide bonds. The normalized spacial score (nSPS) is 17.6. The summed E-state index contributed by atoms with van der Waals surface area (Å²) in [6.45, 7) is 0.602. The fourth-order valence-corrected chi connectivity index (χ4v) is 3.66. The van der Waals surface area contributed by atoms with E-state index in [1.807, 2.05) is 12.1 Å². The third-order valence-corrected chi connectivity index (χ3v) is 5.31. The van der Waals surface area contributed by atoms with Crippen molar-refractivity contribution in [2.24, 2.45) is 5.92 Å². The van der Waals surface area contributed by atoms with Crippen molar-refractivity contribution >= 4 is 0 Å². The predicted octanol–water partition coefficient (Wildman–Crippen LogP) is 4.51. The second-order valence-electron chi connectivity index (χ2n) is 7.50. The summed E-state index contributed by atoms with van der Waals surface area (Å²) in [6.07, 6.45) is 9.10. The van der Waals surface area contributed by atoms with Crippen LogP contribution in [0.5, 0.6) is 0 Å². The molecule has 1 aliphatic carbocycles. The minimum Gasteiger partial charge on any atom is -0.368 e. The highest BCUT2D eigenvalue weighted by atomic mass is 16.5. The van der Waals surface area contributed by atoms with Crippen LogP contribution in [0.4, 0.5) is 0 Å². The highest BCUT2D eigenvalue weighted by Gasteiger charge is 2.33. The summed E-state index contributed by atoms with van der Waals surface area (Å²) in [4.78, 5) is 4.44. The SMILES string of the molecule is CN(C)C1(N(C)C)C=CC(C(OCc2ccccc2)c2ccccc2)C=C1. The molecular weight excluding hydrogens is 332 g/mol. The number of rotatable bonds is 7. The lowest BCUT2D eigenvalue weighted by Gasteiger charge is -2.43. The van der Waals surface area contributed by atoms with E-state index in [0.29, 0.717) is 6.61 Å². The Kier molecular flexibility index (Phi) is 6.27. The van der Waals surface area contributed by atoms with Crippen LogP contribution in [0.15, 0.2) is 85.0 Å². The van der Waals surface area contributed by atoms with Crippen LogP contribution in [-0.4, -0.2) is 43.7 Å². The van der Waals surface area contributed by atoms with Crippen molar-refractivity contribution in [3.05, 3.63) is 96.1 Å². The Bertz CT molecular complexity index is 741. The molecule has 0 heterocycles. The van der Waals surface area contributed by atoms with Gasteiger partial charge in [-0.05, 0) is 51.5 Å². The Morgan fingerprint density at radius 2 is 1.33 bits per heavy atom. The molecule has 27 heavy (non-hydrogen) atoms. The van der Waals surface area contributed by atoms with Crippen LogP contribution in [0.2, 0.25) is 0 Å². The lowest BCUT2D eigenvalue weighted by molar-refractivity contribution is 0.0200. The second-order valence-corrected chi connectivity index (χ2v) is 7.50. The number of hydrogen-bond acceptors (Lipinski definition) is 3. The molecule has 142 valence electrons. The van der Waals surface area contributed by atoms with Crippen molar-refractivity contribution in [2.75, 3.05) is 28.2 Å². The molecule has 3 heteroatoms. The molecule has 3 rings (SSSR count). The summed E-state index contributed by atoms with van der Waals surface area (Å²) in [6, 6.07) is 20.9. The van der Waals surface area contributed by atoms with Gasteiger partial charge in [0.15, 0.2) is 0 Å². The Labute approximate surface area is 163 Å². The van der Waals surface area contributed by atoms with E-state index in [1.165, 1.54) is 11.1 Å². The van der Waals surface area contributed by atoms with Gasteiger partial charge in [0.1, 0.15) is 5.66 Å². The first-order chi connectivity index (χ1) is 13.0. The van der Waals surface area contributed by atoms with Gasteiger partial charge < -0.3 is 4.74 Å². The largest absolute Gasteiger partial charge is 0.368 e. The predicted molar refractivity (Wildman–Crippen MR) is 112 cm³/mol. The Hall–Kier alpha value is -2.20. The lowest BCUT2D eigenvalue weighted by atomic mass is 9.88. The van der Waals surface area contributed by atoms with Gasteiger partial charge in [-0.3, -0.25) is 9.80 Å². The van der Waals surface area contributed by atoms with Crippen molar-refractivity contribution in [2.45, 2.75) is 18.4 Å². The van der Waals surface area contributed by atoms with E-state index in [2.05, 4.69) is 111 Å². The molecule has 0 bridgehead atoms. The molecule has 3 nitrogen and oxygen atoms in total. The van der Waals surface area contributed by atoms with Gasteiger partial charge in [0, 0.05) is 5.92 Å². The van der Waals surface area contributed by atoms with Gasteiger partial charge in [-0.15, -0.1) is 0 Å². The number of ether oxygens (including phenoxy) is 1. The minimum absolute atomic E-state index is 0.0127. The Balaban J connectivity index is 1.83. The van der Waals surface area contributed by atoms with Gasteiger partial charge in [0.2, 0.25) is 0 Å². The summed E-state index contributed by atoms with van der Waals surface area (Å²) in [5.74, 6) is 0.198. The summed E-state index contributed by atoms with van der Waals surface area (Å²) >= 11 is 0. The van der Waals surface area contributed by atoms with E-state index >= 15 is 0 Å². The molecule has 0 fully saturated rings. The number of hydrogen-bond donors (Lipinski definition) is 0. The van der Waals surface area contributed by atoms with Gasteiger partial charge in [-0.1, -0.05) is 72.8 Å². The summed E-state index contributed by atoms with van der Waals surface area (Å²) < 4.78 is 6.41. The third-order valence-electron chi connectivity index (χ3n) is 5.31. The fourth-order valence-electron chi connectivity index (χ4n) is 3.66. The van der Waals surface area contributed by atoms with E-state index in [4.69, 9.17) is 4.74 Å². The highest BCUT2D eigenvalue weighted by molar-refractivity contribution is 5.29. The van der Waals surface area contributed by atoms with Crippen LogP contribution >= 0.6 is 0 Å². The van der Waals surface area contributed by atoms with Crippen LogP contribution in [0.1, 0.15) is 17.2 Å². The van der Waals surface area contributed by atoms with Gasteiger partial charge in [-0.25, -0.2) is 0 Å². The molecule has 1 aliphatic rings. The standard InChI is InChI=1S/C24H30N2O/c1-25(2)24(26(3)4)17-15-22(16-18-24)23(21-13-9-6-10-14-21)27-19-20-11-7-5-8-12-20/h5-18,22-23H,19H2,1-4H3. The van der Waals surface area contributed by atoms with Gasteiger partial charge in [0.05, 0.1) is 12.7 Å². The molecule has 0 aromatic heterocycles. The van der Waals surface area contributed by atoms with E-state index < -0.39 is 0 Å². The average Bonchev–Trinajstić information content (AvgIpc) is 2.70. The first-order valence-electron chi connectivity index (χ1n) is 9.47. The quantitative estimate of drug-likeness (QED) is 0.532. The molecule has 1 unspecified atom stereocenters. The van der Waals surface area contributed by atoms with Crippen molar-refractivity contribution in [1.29, 1.82) is 0 Å². The summed E-state index contributed by atoms with van der Waals surface area (Å²) in [5, 5.41) is 0.